The van der Waals surface area contributed by atoms with Crippen molar-refractivity contribution in [3.8, 4) is 0 Å². The predicted octanol–water partition coefficient (Wildman–Crippen LogP) is 9.07. The fraction of sp³-hybridized carbons (Fsp3) is 0.381. The molecule has 3 atom stereocenters. The highest BCUT2D eigenvalue weighted by atomic mass is 35.5. The molecule has 1 spiro atoms. The number of halogens is 1. The van der Waals surface area contributed by atoms with E-state index in [-0.39, 0.29) is 11.3 Å². The van der Waals surface area contributed by atoms with Crippen molar-refractivity contribution in [1.82, 2.24) is 30.0 Å². The fourth-order valence-electron chi connectivity index (χ4n) is 8.94. The van der Waals surface area contributed by atoms with Crippen LogP contribution >= 0.6 is 11.6 Å². The highest BCUT2D eigenvalue weighted by Crippen LogP contribution is 2.48. The van der Waals surface area contributed by atoms with E-state index in [4.69, 9.17) is 26.7 Å². The molecule has 0 bridgehead atoms. The second-order valence-electron chi connectivity index (χ2n) is 15.5. The molecule has 274 valence electrons. The van der Waals surface area contributed by atoms with E-state index in [0.717, 1.165) is 109 Å². The minimum absolute atomic E-state index is 0.175. The van der Waals surface area contributed by atoms with Crippen molar-refractivity contribution < 1.29 is 0 Å². The lowest BCUT2D eigenvalue weighted by atomic mass is 9.64. The van der Waals surface area contributed by atoms with Gasteiger partial charge >= 0.3 is 0 Å². The molecule has 4 aromatic rings. The molecule has 1 saturated carbocycles. The van der Waals surface area contributed by atoms with Gasteiger partial charge in [0.1, 0.15) is 10.8 Å². The van der Waals surface area contributed by atoms with Crippen LogP contribution in [0.5, 0.6) is 0 Å². The summed E-state index contributed by atoms with van der Waals surface area (Å²) in [5.74, 6) is 2.82. The number of hydrogen-bond donors (Lipinski definition) is 3. The molecule has 0 amide bonds. The van der Waals surface area contributed by atoms with Gasteiger partial charge in [0.25, 0.3) is 0 Å². The summed E-state index contributed by atoms with van der Waals surface area (Å²) in [5, 5.41) is 17.4. The number of anilines is 5. The van der Waals surface area contributed by atoms with Crippen molar-refractivity contribution in [1.29, 1.82) is 0 Å². The molecule has 3 fully saturated rings. The molecule has 4 aliphatic rings. The van der Waals surface area contributed by atoms with E-state index in [1.807, 2.05) is 28.9 Å². The molecule has 53 heavy (non-hydrogen) atoms. The molecule has 1 aromatic carbocycles. The van der Waals surface area contributed by atoms with Crippen molar-refractivity contribution in [2.45, 2.75) is 63.8 Å². The third kappa shape index (κ3) is 6.47. The summed E-state index contributed by atoms with van der Waals surface area (Å²) in [4.78, 5) is 18.6. The molecule has 8 rings (SSSR count). The fourth-order valence-corrected chi connectivity index (χ4v) is 9.08. The van der Waals surface area contributed by atoms with Crippen molar-refractivity contribution in [3.63, 3.8) is 0 Å². The van der Waals surface area contributed by atoms with Gasteiger partial charge in [-0.1, -0.05) is 56.5 Å². The number of likely N-dealkylation sites (N-methyl/N-ethyl adjacent to an activating group) is 1. The maximum absolute atomic E-state index is 6.63. The van der Waals surface area contributed by atoms with Crippen molar-refractivity contribution in [2.24, 2.45) is 18.4 Å². The van der Waals surface area contributed by atoms with E-state index >= 15 is 0 Å². The topological polar surface area (TPSA) is 99.1 Å². The zero-order chi connectivity index (χ0) is 37.0. The van der Waals surface area contributed by atoms with Gasteiger partial charge in [-0.2, -0.15) is 10.1 Å². The Hall–Kier alpha value is -5.09. The number of aromatic nitrogens is 5. The largest absolute Gasteiger partial charge is 0.380 e. The minimum Gasteiger partial charge on any atom is -0.380 e. The number of aryl methyl sites for hydroxylation is 1. The Morgan fingerprint density at radius 1 is 1.11 bits per heavy atom. The number of rotatable bonds is 9. The normalized spacial score (nSPS) is 22.3. The number of nitrogens with one attached hydrogen (secondary N) is 3. The van der Waals surface area contributed by atoms with Crippen LogP contribution < -0.4 is 25.8 Å². The number of piperidine rings is 1. The number of allylic oxidation sites excluding steroid dienone is 4. The molecular weight excluding hydrogens is 680 g/mol. The maximum atomic E-state index is 6.63. The van der Waals surface area contributed by atoms with E-state index in [9.17, 15) is 0 Å². The first kappa shape index (κ1) is 35.0. The highest BCUT2D eigenvalue weighted by molar-refractivity contribution is 6.32. The van der Waals surface area contributed by atoms with Crippen LogP contribution in [0.15, 0.2) is 91.7 Å². The molecule has 3 unspecified atom stereocenters. The van der Waals surface area contributed by atoms with Gasteiger partial charge in [0, 0.05) is 72.6 Å². The molecule has 11 heteroatoms. The Bertz CT molecular complexity index is 2180. The molecule has 3 N–H and O–H groups in total. The molecular formula is C42H49ClN10. The molecule has 3 aliphatic heterocycles. The SMILES string of the molecule is C=CCCC1=Cc2cc(Nc3nc(N4CC5(CCC(Nc6cccc7c(C8CCC(=C)NC8=C)nn(C)c67)C(C)C5)C4)ncc3Cl)cnc2N(C)C1=C. The second kappa shape index (κ2) is 13.7. The van der Waals surface area contributed by atoms with Gasteiger partial charge in [-0.05, 0) is 74.6 Å². The summed E-state index contributed by atoms with van der Waals surface area (Å²) in [6, 6.07) is 9.01. The first-order valence-corrected chi connectivity index (χ1v) is 19.0. The standard InChI is InChI=1S/C42H49ClN10/c1-8-9-11-29-18-30-19-31(21-44-40(30)51(6)28(29)5)47-39-34(43)22-45-41(49-39)53-23-42(24-53)17-16-35(25(2)20-42)48-36-13-10-12-33-37(50-52(7)38(33)36)32-15-14-26(3)46-27(32)4/h8,10,12-13,18-19,21-22,25,32,35,46,48H,1,3-5,9,11,14-17,20,23-24H2,2,6-7H3,(H,45,47,49). The van der Waals surface area contributed by atoms with Crippen LogP contribution in [0.25, 0.3) is 17.0 Å². The zero-order valence-electron chi connectivity index (χ0n) is 31.1. The van der Waals surface area contributed by atoms with Crippen LogP contribution in [-0.4, -0.2) is 50.9 Å². The highest BCUT2D eigenvalue weighted by Gasteiger charge is 2.48. The summed E-state index contributed by atoms with van der Waals surface area (Å²) in [6.07, 6.45) is 14.7. The third-order valence-corrected chi connectivity index (χ3v) is 12.0. The molecule has 3 aromatic heterocycles. The van der Waals surface area contributed by atoms with Crippen LogP contribution in [-0.2, 0) is 7.05 Å². The van der Waals surface area contributed by atoms with Gasteiger partial charge in [0.15, 0.2) is 5.82 Å². The third-order valence-electron chi connectivity index (χ3n) is 11.8. The number of fused-ring (bicyclic) bond motifs is 2. The number of pyridine rings is 1. The molecule has 2 saturated heterocycles. The Morgan fingerprint density at radius 3 is 2.72 bits per heavy atom. The van der Waals surface area contributed by atoms with Gasteiger partial charge in [-0.25, -0.2) is 9.97 Å². The predicted molar refractivity (Wildman–Crippen MR) is 219 cm³/mol. The summed E-state index contributed by atoms with van der Waals surface area (Å²) in [6.45, 7) is 20.8. The number of nitrogens with zero attached hydrogens (tertiary/aromatic N) is 7. The lowest BCUT2D eigenvalue weighted by Gasteiger charge is -2.55. The van der Waals surface area contributed by atoms with Crippen LogP contribution in [0.1, 0.15) is 69.0 Å². The van der Waals surface area contributed by atoms with Gasteiger partial charge in [-0.15, -0.1) is 6.58 Å². The van der Waals surface area contributed by atoms with Crippen molar-refractivity contribution in [3.05, 3.63) is 108 Å². The Balaban J connectivity index is 0.922. The van der Waals surface area contributed by atoms with Crippen LogP contribution in [0.3, 0.4) is 0 Å². The first-order valence-electron chi connectivity index (χ1n) is 18.7. The summed E-state index contributed by atoms with van der Waals surface area (Å²) in [7, 11) is 4.05. The second-order valence-corrected chi connectivity index (χ2v) is 15.9. The average Bonchev–Trinajstić information content (AvgIpc) is 3.46. The lowest BCUT2D eigenvalue weighted by molar-refractivity contribution is 0.0963. The van der Waals surface area contributed by atoms with E-state index in [1.54, 1.807) is 6.20 Å². The van der Waals surface area contributed by atoms with E-state index in [1.165, 1.54) is 11.0 Å². The van der Waals surface area contributed by atoms with Gasteiger partial charge in [0.2, 0.25) is 5.95 Å². The Labute approximate surface area is 317 Å². The summed E-state index contributed by atoms with van der Waals surface area (Å²) >= 11 is 6.63. The summed E-state index contributed by atoms with van der Waals surface area (Å²) in [5.41, 5.74) is 9.64. The van der Waals surface area contributed by atoms with E-state index < -0.39 is 0 Å². The maximum Gasteiger partial charge on any atom is 0.227 e. The molecule has 0 radical (unpaired) electrons. The van der Waals surface area contributed by atoms with Crippen LogP contribution in [0.4, 0.5) is 29.0 Å². The Kier molecular flexibility index (Phi) is 9.05. The number of para-hydroxylation sites is 1. The average molecular weight is 729 g/mol. The molecule has 10 nitrogen and oxygen atoms in total. The van der Waals surface area contributed by atoms with Crippen molar-refractivity contribution >= 4 is 57.5 Å². The van der Waals surface area contributed by atoms with Gasteiger partial charge < -0.3 is 25.8 Å². The van der Waals surface area contributed by atoms with Crippen LogP contribution in [0.2, 0.25) is 5.02 Å². The van der Waals surface area contributed by atoms with Gasteiger partial charge in [-0.3, -0.25) is 4.68 Å². The quantitative estimate of drug-likeness (QED) is 0.146. The summed E-state index contributed by atoms with van der Waals surface area (Å²) < 4.78 is 2.04. The van der Waals surface area contributed by atoms with E-state index in [2.05, 4.69) is 96.5 Å². The van der Waals surface area contributed by atoms with E-state index in [0.29, 0.717) is 28.7 Å². The monoisotopic (exact) mass is 728 g/mol. The van der Waals surface area contributed by atoms with Crippen LogP contribution in [0, 0.1) is 11.3 Å². The molecule has 6 heterocycles. The van der Waals surface area contributed by atoms with Gasteiger partial charge in [0.05, 0.1) is 35.0 Å². The zero-order valence-corrected chi connectivity index (χ0v) is 31.8. The van der Waals surface area contributed by atoms with Crippen molar-refractivity contribution in [2.75, 3.05) is 40.6 Å². The lowest BCUT2D eigenvalue weighted by Crippen LogP contribution is -2.60. The molecule has 1 aliphatic carbocycles. The minimum atomic E-state index is 0.175. The smallest absolute Gasteiger partial charge is 0.227 e. The number of hydrogen-bond acceptors (Lipinski definition) is 9. The Morgan fingerprint density at radius 2 is 1.94 bits per heavy atom. The number of benzene rings is 1. The first-order chi connectivity index (χ1) is 25.5.